The summed E-state index contributed by atoms with van der Waals surface area (Å²) in [7, 11) is 0. The smallest absolute Gasteiger partial charge is 0.326 e. The minimum atomic E-state index is -1.04. The van der Waals surface area contributed by atoms with E-state index in [2.05, 4.69) is 13.8 Å². The van der Waals surface area contributed by atoms with E-state index in [0.717, 1.165) is 6.42 Å². The number of hydrogen-bond acceptors (Lipinski definition) is 3. The second kappa shape index (κ2) is 4.42. The molecule has 0 aromatic carbocycles. The average Bonchev–Trinajstić information content (AvgIpc) is 2.80. The Labute approximate surface area is 106 Å². The number of carboxylic acids is 1. The van der Waals surface area contributed by atoms with Gasteiger partial charge in [0.1, 0.15) is 6.04 Å². The molecule has 2 rings (SSSR count). The Balaban J connectivity index is 2.07. The van der Waals surface area contributed by atoms with Gasteiger partial charge in [-0.05, 0) is 11.8 Å². The molecule has 2 saturated heterocycles. The largest absolute Gasteiger partial charge is 0.480 e. The van der Waals surface area contributed by atoms with Crippen LogP contribution in [0, 0.1) is 5.41 Å². The SMILES string of the molecule is CC1(C)CCN(C(=O)N2CC(O)C[C@H]2C(=O)O)C1. The summed E-state index contributed by atoms with van der Waals surface area (Å²) in [4.78, 5) is 26.3. The highest BCUT2D eigenvalue weighted by molar-refractivity contribution is 5.83. The number of carbonyl (C=O) groups excluding carboxylic acids is 1. The summed E-state index contributed by atoms with van der Waals surface area (Å²) in [6.07, 6.45) is 0.316. The molecule has 2 fully saturated rings. The molecule has 0 spiro atoms. The highest BCUT2D eigenvalue weighted by atomic mass is 16.4. The minimum Gasteiger partial charge on any atom is -0.480 e. The predicted octanol–water partition coefficient (Wildman–Crippen LogP) is 0.358. The van der Waals surface area contributed by atoms with Crippen LogP contribution in [-0.2, 0) is 4.79 Å². The maximum atomic E-state index is 12.3. The zero-order valence-corrected chi connectivity index (χ0v) is 10.8. The highest BCUT2D eigenvalue weighted by Crippen LogP contribution is 2.30. The van der Waals surface area contributed by atoms with Crippen molar-refractivity contribution < 1.29 is 19.8 Å². The van der Waals surface area contributed by atoms with Gasteiger partial charge in [0.2, 0.25) is 0 Å². The molecule has 102 valence electrons. The molecule has 2 amide bonds. The van der Waals surface area contributed by atoms with Crippen LogP contribution in [0.25, 0.3) is 0 Å². The quantitative estimate of drug-likeness (QED) is 0.709. The Morgan fingerprint density at radius 3 is 2.50 bits per heavy atom. The number of aliphatic carboxylic acids is 1. The molecule has 2 atom stereocenters. The molecular formula is C12H20N2O4. The average molecular weight is 256 g/mol. The zero-order chi connectivity index (χ0) is 13.5. The molecule has 2 N–H and O–H groups in total. The summed E-state index contributed by atoms with van der Waals surface area (Å²) in [6, 6.07) is -1.15. The summed E-state index contributed by atoms with van der Waals surface area (Å²) >= 11 is 0. The first-order chi connectivity index (χ1) is 8.30. The van der Waals surface area contributed by atoms with Crippen LogP contribution in [0.1, 0.15) is 26.7 Å². The van der Waals surface area contributed by atoms with Crippen molar-refractivity contribution in [3.8, 4) is 0 Å². The van der Waals surface area contributed by atoms with Gasteiger partial charge >= 0.3 is 12.0 Å². The molecule has 2 heterocycles. The van der Waals surface area contributed by atoms with Gasteiger partial charge in [-0.15, -0.1) is 0 Å². The number of aliphatic hydroxyl groups excluding tert-OH is 1. The van der Waals surface area contributed by atoms with Gasteiger partial charge in [0.25, 0.3) is 0 Å². The fourth-order valence-electron chi connectivity index (χ4n) is 2.72. The Morgan fingerprint density at radius 2 is 2.00 bits per heavy atom. The van der Waals surface area contributed by atoms with E-state index in [-0.39, 0.29) is 24.4 Å². The van der Waals surface area contributed by atoms with E-state index in [1.165, 1.54) is 4.90 Å². The van der Waals surface area contributed by atoms with Crippen molar-refractivity contribution in [2.75, 3.05) is 19.6 Å². The third-order valence-electron chi connectivity index (χ3n) is 3.76. The van der Waals surface area contributed by atoms with Crippen LogP contribution >= 0.6 is 0 Å². The van der Waals surface area contributed by atoms with Crippen molar-refractivity contribution >= 4 is 12.0 Å². The van der Waals surface area contributed by atoms with E-state index in [0.29, 0.717) is 13.1 Å². The number of rotatable bonds is 1. The third-order valence-corrected chi connectivity index (χ3v) is 3.76. The van der Waals surface area contributed by atoms with Gasteiger partial charge in [0.05, 0.1) is 6.10 Å². The number of likely N-dealkylation sites (tertiary alicyclic amines) is 2. The first-order valence-electron chi connectivity index (χ1n) is 6.26. The Kier molecular flexibility index (Phi) is 3.23. The number of β-amino-alcohol motifs (C(OH)–C–C–N with tert-alkyl or cyclic N) is 1. The summed E-state index contributed by atoms with van der Waals surface area (Å²) in [5.41, 5.74) is 0.0900. The summed E-state index contributed by atoms with van der Waals surface area (Å²) < 4.78 is 0. The summed E-state index contributed by atoms with van der Waals surface area (Å²) in [6.45, 7) is 5.60. The minimum absolute atomic E-state index is 0.0900. The molecular weight excluding hydrogens is 236 g/mol. The van der Waals surface area contributed by atoms with E-state index in [1.807, 2.05) is 0 Å². The number of amides is 2. The topological polar surface area (TPSA) is 81.1 Å². The fourth-order valence-corrected chi connectivity index (χ4v) is 2.72. The molecule has 0 aromatic heterocycles. The normalized spacial score (nSPS) is 30.8. The number of aliphatic hydroxyl groups is 1. The van der Waals surface area contributed by atoms with Crippen molar-refractivity contribution in [3.05, 3.63) is 0 Å². The van der Waals surface area contributed by atoms with Crippen molar-refractivity contribution in [2.24, 2.45) is 5.41 Å². The van der Waals surface area contributed by atoms with Crippen LogP contribution in [0.4, 0.5) is 4.79 Å². The predicted molar refractivity (Wildman–Crippen MR) is 64.1 cm³/mol. The van der Waals surface area contributed by atoms with Crippen molar-refractivity contribution in [3.63, 3.8) is 0 Å². The Bertz CT molecular complexity index is 369. The molecule has 6 nitrogen and oxygen atoms in total. The fraction of sp³-hybridized carbons (Fsp3) is 0.833. The van der Waals surface area contributed by atoms with E-state index in [1.54, 1.807) is 4.90 Å². The summed E-state index contributed by atoms with van der Waals surface area (Å²) in [5, 5.41) is 18.6. The molecule has 0 aromatic rings. The zero-order valence-electron chi connectivity index (χ0n) is 10.8. The first-order valence-corrected chi connectivity index (χ1v) is 6.26. The maximum Gasteiger partial charge on any atom is 0.326 e. The van der Waals surface area contributed by atoms with Gasteiger partial charge in [0.15, 0.2) is 0 Å². The lowest BCUT2D eigenvalue weighted by molar-refractivity contribution is -0.141. The van der Waals surface area contributed by atoms with E-state index < -0.39 is 18.1 Å². The van der Waals surface area contributed by atoms with Crippen LogP contribution in [0.3, 0.4) is 0 Å². The van der Waals surface area contributed by atoms with Crippen LogP contribution < -0.4 is 0 Å². The van der Waals surface area contributed by atoms with Crippen LogP contribution in [-0.4, -0.2) is 63.8 Å². The van der Waals surface area contributed by atoms with Gasteiger partial charge in [-0.3, -0.25) is 0 Å². The second-order valence-electron chi connectivity index (χ2n) is 6.01. The number of nitrogens with zero attached hydrogens (tertiary/aromatic N) is 2. The lowest BCUT2D eigenvalue weighted by Gasteiger charge is -2.28. The second-order valence-corrected chi connectivity index (χ2v) is 6.01. The lowest BCUT2D eigenvalue weighted by atomic mass is 9.93. The van der Waals surface area contributed by atoms with Crippen LogP contribution in [0.15, 0.2) is 0 Å². The Morgan fingerprint density at radius 1 is 1.33 bits per heavy atom. The van der Waals surface area contributed by atoms with E-state index in [9.17, 15) is 14.7 Å². The molecule has 0 aliphatic carbocycles. The number of urea groups is 1. The number of carbonyl (C=O) groups is 2. The number of carboxylic acid groups (broad SMARTS) is 1. The van der Waals surface area contributed by atoms with Gasteiger partial charge < -0.3 is 20.0 Å². The third kappa shape index (κ3) is 2.43. The molecule has 6 heteroatoms. The molecule has 1 unspecified atom stereocenters. The van der Waals surface area contributed by atoms with Crippen molar-refractivity contribution in [1.82, 2.24) is 9.80 Å². The Hall–Kier alpha value is -1.30. The van der Waals surface area contributed by atoms with Gasteiger partial charge in [-0.1, -0.05) is 13.8 Å². The van der Waals surface area contributed by atoms with Gasteiger partial charge in [0, 0.05) is 26.1 Å². The van der Waals surface area contributed by atoms with Crippen LogP contribution in [0.5, 0.6) is 0 Å². The van der Waals surface area contributed by atoms with Crippen molar-refractivity contribution in [2.45, 2.75) is 38.8 Å². The van der Waals surface area contributed by atoms with Gasteiger partial charge in [-0.25, -0.2) is 9.59 Å². The molecule has 0 radical (unpaired) electrons. The van der Waals surface area contributed by atoms with Crippen LogP contribution in [0.2, 0.25) is 0 Å². The molecule has 18 heavy (non-hydrogen) atoms. The molecule has 2 aliphatic heterocycles. The van der Waals surface area contributed by atoms with Crippen molar-refractivity contribution in [1.29, 1.82) is 0 Å². The molecule has 2 aliphatic rings. The maximum absolute atomic E-state index is 12.3. The number of hydrogen-bond donors (Lipinski definition) is 2. The summed E-state index contributed by atoms with van der Waals surface area (Å²) in [5.74, 6) is -1.04. The monoisotopic (exact) mass is 256 g/mol. The van der Waals surface area contributed by atoms with E-state index >= 15 is 0 Å². The van der Waals surface area contributed by atoms with E-state index in [4.69, 9.17) is 5.11 Å². The highest BCUT2D eigenvalue weighted by Gasteiger charge is 2.42. The van der Waals surface area contributed by atoms with Gasteiger partial charge in [-0.2, -0.15) is 0 Å². The lowest BCUT2D eigenvalue weighted by Crippen LogP contribution is -2.47. The first kappa shape index (κ1) is 13.1. The molecule has 0 saturated carbocycles. The molecule has 0 bridgehead atoms. The standard InChI is InChI=1S/C12H20N2O4/c1-12(2)3-4-13(7-12)11(18)14-6-8(15)5-9(14)10(16)17/h8-9,15H,3-7H2,1-2H3,(H,16,17)/t8?,9-/m0/s1.